The van der Waals surface area contributed by atoms with Gasteiger partial charge in [0.2, 0.25) is 5.54 Å². The van der Waals surface area contributed by atoms with Crippen LogP contribution in [0.3, 0.4) is 0 Å². The van der Waals surface area contributed by atoms with E-state index in [1.54, 1.807) is 48.5 Å². The Labute approximate surface area is 205 Å². The highest BCUT2D eigenvalue weighted by atomic mass is 32.2. The maximum Gasteiger partial charge on any atom is 0.534 e. The SMILES string of the molecule is Cc1cc(C2=NN(C)C(=O)C2(C)N(OC(=O)OC(C)(C)C)C(=O)OC(C)(C)C)ccc1S(C)(=O)=O. The van der Waals surface area contributed by atoms with Gasteiger partial charge in [0.15, 0.2) is 9.84 Å². The fourth-order valence-corrected chi connectivity index (χ4v) is 4.36. The number of benzene rings is 1. The number of carbonyl (C=O) groups excluding carboxylic acids is 3. The lowest BCUT2D eigenvalue weighted by atomic mass is 9.89. The number of likely N-dealkylation sites (N-methyl/N-ethyl adjacent to an activating group) is 1. The minimum Gasteiger partial charge on any atom is -0.442 e. The number of aryl methyl sites for hydroxylation is 1. The molecule has 1 aliphatic heterocycles. The van der Waals surface area contributed by atoms with Gasteiger partial charge in [-0.15, -0.1) is 5.06 Å². The highest BCUT2D eigenvalue weighted by molar-refractivity contribution is 7.90. The summed E-state index contributed by atoms with van der Waals surface area (Å²) >= 11 is 0. The normalized spacial score (nSPS) is 18.7. The number of hydrogen-bond acceptors (Lipinski definition) is 9. The Balaban J connectivity index is 2.65. The molecule has 0 aliphatic carbocycles. The number of rotatable bonds is 3. The van der Waals surface area contributed by atoms with Crippen molar-refractivity contribution in [2.24, 2.45) is 5.10 Å². The number of hydroxylamine groups is 2. The molecule has 1 aromatic rings. The van der Waals surface area contributed by atoms with Gasteiger partial charge >= 0.3 is 12.2 Å². The van der Waals surface area contributed by atoms with E-state index >= 15 is 0 Å². The van der Waals surface area contributed by atoms with E-state index in [0.29, 0.717) is 16.2 Å². The van der Waals surface area contributed by atoms with Gasteiger partial charge in [-0.05, 0) is 73.1 Å². The second-order valence-corrected chi connectivity index (χ2v) is 12.4. The number of nitrogens with zero attached hydrogens (tertiary/aromatic N) is 3. The van der Waals surface area contributed by atoms with Crippen molar-refractivity contribution in [2.45, 2.75) is 77.0 Å². The number of carbonyl (C=O) groups is 3. The van der Waals surface area contributed by atoms with E-state index in [0.717, 1.165) is 11.3 Å². The molecule has 1 unspecified atom stereocenters. The van der Waals surface area contributed by atoms with E-state index in [4.69, 9.17) is 14.3 Å². The molecular weight excluding hydrogens is 478 g/mol. The Bertz CT molecular complexity index is 1180. The number of ether oxygens (including phenoxy) is 2. The summed E-state index contributed by atoms with van der Waals surface area (Å²) in [5.74, 6) is -0.688. The minimum absolute atomic E-state index is 0.0440. The van der Waals surface area contributed by atoms with Crippen LogP contribution in [0.2, 0.25) is 0 Å². The minimum atomic E-state index is -3.50. The van der Waals surface area contributed by atoms with Crippen LogP contribution in [0.15, 0.2) is 28.2 Å². The van der Waals surface area contributed by atoms with E-state index in [-0.39, 0.29) is 10.6 Å². The highest BCUT2D eigenvalue weighted by Crippen LogP contribution is 2.33. The van der Waals surface area contributed by atoms with E-state index in [1.165, 1.54) is 32.2 Å². The Kier molecular flexibility index (Phi) is 7.33. The molecule has 2 rings (SSSR count). The summed E-state index contributed by atoms with van der Waals surface area (Å²) in [5.41, 5.74) is -3.08. The predicted octanol–water partition coefficient (Wildman–Crippen LogP) is 3.44. The Morgan fingerprint density at radius 1 is 1.06 bits per heavy atom. The smallest absolute Gasteiger partial charge is 0.442 e. The van der Waals surface area contributed by atoms with Crippen LogP contribution < -0.4 is 0 Å². The molecule has 0 saturated carbocycles. The van der Waals surface area contributed by atoms with Gasteiger partial charge in [0, 0.05) is 18.9 Å². The van der Waals surface area contributed by atoms with Crippen LogP contribution in [0.4, 0.5) is 9.59 Å². The lowest BCUT2D eigenvalue weighted by molar-refractivity contribution is -0.176. The average Bonchev–Trinajstić information content (AvgIpc) is 2.87. The lowest BCUT2D eigenvalue weighted by Crippen LogP contribution is -2.61. The van der Waals surface area contributed by atoms with Crippen molar-refractivity contribution < 1.29 is 37.1 Å². The molecule has 0 radical (unpaired) electrons. The molecule has 1 heterocycles. The zero-order chi connectivity index (χ0) is 27.1. The molecule has 1 aromatic carbocycles. The standard InChI is InChI=1S/C23H33N3O8S/c1-14-13-15(11-12-16(14)35(10,30)31)17-23(8,18(27)25(9)24-17)26(19(28)32-21(2,3)4)34-20(29)33-22(5,6)7/h11-13H,1-10H3. The van der Waals surface area contributed by atoms with Crippen molar-refractivity contribution in [1.29, 1.82) is 0 Å². The summed E-state index contributed by atoms with van der Waals surface area (Å²) < 4.78 is 34.7. The maximum absolute atomic E-state index is 13.3. The largest absolute Gasteiger partial charge is 0.534 e. The monoisotopic (exact) mass is 511 g/mol. The Hall–Kier alpha value is -3.15. The summed E-state index contributed by atoms with van der Waals surface area (Å²) in [6.45, 7) is 12.6. The summed E-state index contributed by atoms with van der Waals surface area (Å²) in [5, 5.41) is 5.79. The van der Waals surface area contributed by atoms with Crippen LogP contribution in [0, 0.1) is 6.92 Å². The van der Waals surface area contributed by atoms with Gasteiger partial charge in [-0.2, -0.15) is 5.10 Å². The molecule has 2 amide bonds. The van der Waals surface area contributed by atoms with Crippen LogP contribution in [0.5, 0.6) is 0 Å². The predicted molar refractivity (Wildman–Crippen MR) is 127 cm³/mol. The third-order valence-electron chi connectivity index (χ3n) is 4.79. The number of hydrogen-bond donors (Lipinski definition) is 0. The number of sulfone groups is 1. The third kappa shape index (κ3) is 6.30. The van der Waals surface area contributed by atoms with Crippen molar-refractivity contribution in [1.82, 2.24) is 10.1 Å². The molecule has 0 fully saturated rings. The molecule has 194 valence electrons. The first-order chi connectivity index (χ1) is 15.7. The van der Waals surface area contributed by atoms with Gasteiger partial charge in [0.1, 0.15) is 16.9 Å². The first-order valence-corrected chi connectivity index (χ1v) is 12.7. The zero-order valence-corrected chi connectivity index (χ0v) is 22.6. The van der Waals surface area contributed by atoms with Crippen molar-refractivity contribution in [3.05, 3.63) is 29.3 Å². The second-order valence-electron chi connectivity index (χ2n) is 10.4. The van der Waals surface area contributed by atoms with Crippen LogP contribution in [-0.2, 0) is 28.9 Å². The van der Waals surface area contributed by atoms with Crippen molar-refractivity contribution >= 4 is 33.7 Å². The highest BCUT2D eigenvalue weighted by Gasteiger charge is 2.57. The maximum atomic E-state index is 13.3. The van der Waals surface area contributed by atoms with Crippen LogP contribution in [0.1, 0.15) is 59.6 Å². The quantitative estimate of drug-likeness (QED) is 0.445. The van der Waals surface area contributed by atoms with Crippen molar-refractivity contribution in [3.63, 3.8) is 0 Å². The number of hydrazone groups is 1. The van der Waals surface area contributed by atoms with Crippen molar-refractivity contribution in [3.8, 4) is 0 Å². The van der Waals surface area contributed by atoms with E-state index in [1.807, 2.05) is 0 Å². The van der Waals surface area contributed by atoms with Gasteiger partial charge in [0.25, 0.3) is 5.91 Å². The third-order valence-corrected chi connectivity index (χ3v) is 6.05. The molecule has 0 aromatic heterocycles. The summed E-state index contributed by atoms with van der Waals surface area (Å²) in [6, 6.07) is 4.38. The lowest BCUT2D eigenvalue weighted by Gasteiger charge is -2.36. The fourth-order valence-electron chi connectivity index (χ4n) is 3.40. The molecule has 0 bridgehead atoms. The molecule has 0 spiro atoms. The molecular formula is C23H33N3O8S. The molecule has 35 heavy (non-hydrogen) atoms. The molecule has 11 nitrogen and oxygen atoms in total. The topological polar surface area (TPSA) is 132 Å². The van der Waals surface area contributed by atoms with E-state index in [9.17, 15) is 22.8 Å². The van der Waals surface area contributed by atoms with E-state index < -0.39 is 44.7 Å². The van der Waals surface area contributed by atoms with Gasteiger partial charge in [-0.1, -0.05) is 6.07 Å². The fraction of sp³-hybridized carbons (Fsp3) is 0.565. The summed E-state index contributed by atoms with van der Waals surface area (Å²) in [6.07, 6.45) is -1.26. The van der Waals surface area contributed by atoms with Gasteiger partial charge in [-0.25, -0.2) is 23.0 Å². The molecule has 1 aliphatic rings. The second kappa shape index (κ2) is 9.14. The van der Waals surface area contributed by atoms with Gasteiger partial charge in [-0.3, -0.25) is 9.63 Å². The average molecular weight is 512 g/mol. The molecule has 1 atom stereocenters. The van der Waals surface area contributed by atoms with Gasteiger partial charge < -0.3 is 9.47 Å². The van der Waals surface area contributed by atoms with Crippen LogP contribution in [0.25, 0.3) is 0 Å². The Morgan fingerprint density at radius 2 is 1.60 bits per heavy atom. The summed E-state index contributed by atoms with van der Waals surface area (Å²) in [7, 11) is -2.11. The number of amides is 2. The summed E-state index contributed by atoms with van der Waals surface area (Å²) in [4.78, 5) is 44.5. The zero-order valence-electron chi connectivity index (χ0n) is 21.7. The van der Waals surface area contributed by atoms with E-state index in [2.05, 4.69) is 5.10 Å². The first-order valence-electron chi connectivity index (χ1n) is 10.8. The molecule has 0 saturated heterocycles. The van der Waals surface area contributed by atoms with Crippen molar-refractivity contribution in [2.75, 3.05) is 13.3 Å². The van der Waals surface area contributed by atoms with Gasteiger partial charge in [0.05, 0.1) is 4.90 Å². The van der Waals surface area contributed by atoms with Crippen LogP contribution >= 0.6 is 0 Å². The molecule has 0 N–H and O–H groups in total. The molecule has 12 heteroatoms. The first kappa shape index (κ1) is 28.1. The Morgan fingerprint density at radius 3 is 2.06 bits per heavy atom. The van der Waals surface area contributed by atoms with Crippen LogP contribution in [-0.4, -0.2) is 72.4 Å².